The number of hydrogen-bond donors (Lipinski definition) is 2. The molecule has 1 saturated carbocycles. The van der Waals surface area contributed by atoms with Crippen LogP contribution in [0.5, 0.6) is 0 Å². The summed E-state index contributed by atoms with van der Waals surface area (Å²) in [5.41, 5.74) is 0.465. The summed E-state index contributed by atoms with van der Waals surface area (Å²) in [6.45, 7) is 1.92. The highest BCUT2D eigenvalue weighted by atomic mass is 16.4. The van der Waals surface area contributed by atoms with Crippen LogP contribution in [0.3, 0.4) is 0 Å². The molecule has 20 heavy (non-hydrogen) atoms. The number of benzene rings is 1. The molecule has 0 saturated heterocycles. The molecule has 108 valence electrons. The average Bonchev–Trinajstić information content (AvgIpc) is 2.38. The molecule has 0 aromatic heterocycles. The van der Waals surface area contributed by atoms with E-state index in [2.05, 4.69) is 5.32 Å². The second kappa shape index (κ2) is 6.07. The Morgan fingerprint density at radius 1 is 1.30 bits per heavy atom. The van der Waals surface area contributed by atoms with Crippen molar-refractivity contribution in [1.82, 2.24) is 5.32 Å². The predicted octanol–water partition coefficient (Wildman–Crippen LogP) is 2.48. The van der Waals surface area contributed by atoms with E-state index < -0.39 is 17.4 Å². The molecule has 4 heteroatoms. The zero-order valence-electron chi connectivity index (χ0n) is 11.8. The number of amides is 1. The van der Waals surface area contributed by atoms with Gasteiger partial charge in [0.05, 0.1) is 5.41 Å². The molecule has 2 N–H and O–H groups in total. The van der Waals surface area contributed by atoms with Crippen LogP contribution >= 0.6 is 0 Å². The Hall–Kier alpha value is -1.84. The monoisotopic (exact) mass is 275 g/mol. The van der Waals surface area contributed by atoms with Gasteiger partial charge in [-0.15, -0.1) is 0 Å². The summed E-state index contributed by atoms with van der Waals surface area (Å²) < 4.78 is 0. The van der Waals surface area contributed by atoms with Gasteiger partial charge in [0, 0.05) is 0 Å². The van der Waals surface area contributed by atoms with Crippen molar-refractivity contribution in [3.63, 3.8) is 0 Å². The summed E-state index contributed by atoms with van der Waals surface area (Å²) in [6, 6.07) is 8.88. The summed E-state index contributed by atoms with van der Waals surface area (Å²) in [5.74, 6) is -1.10. The molecule has 4 nitrogen and oxygen atoms in total. The lowest BCUT2D eigenvalue weighted by Crippen LogP contribution is -2.53. The van der Waals surface area contributed by atoms with Crippen LogP contribution in [0.4, 0.5) is 0 Å². The predicted molar refractivity (Wildman–Crippen MR) is 76.4 cm³/mol. The Kier molecular flexibility index (Phi) is 4.42. The van der Waals surface area contributed by atoms with E-state index in [1.54, 1.807) is 0 Å². The van der Waals surface area contributed by atoms with E-state index in [-0.39, 0.29) is 5.91 Å². The Morgan fingerprint density at radius 3 is 2.40 bits per heavy atom. The van der Waals surface area contributed by atoms with Crippen LogP contribution in [0, 0.1) is 0 Å². The maximum Gasteiger partial charge on any atom is 0.326 e. The van der Waals surface area contributed by atoms with E-state index >= 15 is 0 Å². The van der Waals surface area contributed by atoms with Crippen LogP contribution in [-0.4, -0.2) is 23.0 Å². The van der Waals surface area contributed by atoms with Crippen molar-refractivity contribution in [2.45, 2.75) is 50.5 Å². The summed E-state index contributed by atoms with van der Waals surface area (Å²) in [6.07, 6.45) is 3.79. The summed E-state index contributed by atoms with van der Waals surface area (Å²) in [5, 5.41) is 11.9. The molecule has 1 amide bonds. The third-order valence-corrected chi connectivity index (χ3v) is 4.15. The number of nitrogens with one attached hydrogen (secondary N) is 1. The number of carbonyl (C=O) groups excluding carboxylic acids is 1. The second-order valence-electron chi connectivity index (χ2n) is 5.45. The fourth-order valence-corrected chi connectivity index (χ4v) is 2.78. The largest absolute Gasteiger partial charge is 0.480 e. The Bertz CT molecular complexity index is 480. The smallest absolute Gasteiger partial charge is 0.326 e. The molecule has 1 aromatic rings. The van der Waals surface area contributed by atoms with Crippen molar-refractivity contribution in [2.24, 2.45) is 0 Å². The van der Waals surface area contributed by atoms with Gasteiger partial charge < -0.3 is 10.4 Å². The molecular formula is C16H21NO3. The molecule has 0 aliphatic heterocycles. The van der Waals surface area contributed by atoms with Gasteiger partial charge in [0.15, 0.2) is 0 Å². The van der Waals surface area contributed by atoms with Crippen LogP contribution in [-0.2, 0) is 15.0 Å². The van der Waals surface area contributed by atoms with Gasteiger partial charge in [-0.3, -0.25) is 4.79 Å². The van der Waals surface area contributed by atoms with Crippen LogP contribution in [0.1, 0.15) is 44.6 Å². The third kappa shape index (κ3) is 2.69. The molecule has 0 spiro atoms. The minimum atomic E-state index is -0.956. The molecule has 0 radical (unpaired) electrons. The highest BCUT2D eigenvalue weighted by Gasteiger charge is 2.46. The molecule has 1 fully saturated rings. The first-order valence-electron chi connectivity index (χ1n) is 7.19. The number of carboxylic acid groups (broad SMARTS) is 1. The number of hydrogen-bond acceptors (Lipinski definition) is 2. The maximum atomic E-state index is 12.6. The Morgan fingerprint density at radius 2 is 1.95 bits per heavy atom. The van der Waals surface area contributed by atoms with Crippen LogP contribution < -0.4 is 5.32 Å². The van der Waals surface area contributed by atoms with Gasteiger partial charge in [-0.05, 0) is 24.8 Å². The molecule has 1 aliphatic carbocycles. The molecule has 1 unspecified atom stereocenters. The first-order chi connectivity index (χ1) is 9.60. The highest BCUT2D eigenvalue weighted by molar-refractivity contribution is 5.92. The van der Waals surface area contributed by atoms with Crippen molar-refractivity contribution in [2.75, 3.05) is 0 Å². The van der Waals surface area contributed by atoms with Crippen molar-refractivity contribution in [3.05, 3.63) is 35.9 Å². The zero-order chi connectivity index (χ0) is 14.6. The SMILES string of the molecule is CCCC(NC(=O)C1(c2ccccc2)CCC1)C(=O)O. The summed E-state index contributed by atoms with van der Waals surface area (Å²) in [7, 11) is 0. The van der Waals surface area contributed by atoms with Crippen LogP contribution in [0.15, 0.2) is 30.3 Å². The van der Waals surface area contributed by atoms with E-state index in [1.807, 2.05) is 37.3 Å². The lowest BCUT2D eigenvalue weighted by Gasteiger charge is -2.41. The quantitative estimate of drug-likeness (QED) is 0.838. The van der Waals surface area contributed by atoms with Crippen LogP contribution in [0.2, 0.25) is 0 Å². The summed E-state index contributed by atoms with van der Waals surface area (Å²) in [4.78, 5) is 23.7. The molecule has 1 atom stereocenters. The standard InChI is InChI=1S/C16H21NO3/c1-2-7-13(14(18)19)17-15(20)16(10-6-11-16)12-8-4-3-5-9-12/h3-5,8-9,13H,2,6-7,10-11H2,1H3,(H,17,20)(H,18,19). The lowest BCUT2D eigenvalue weighted by molar-refractivity contribution is -0.143. The lowest BCUT2D eigenvalue weighted by atomic mass is 9.63. The van der Waals surface area contributed by atoms with E-state index in [1.165, 1.54) is 0 Å². The minimum absolute atomic E-state index is 0.143. The fourth-order valence-electron chi connectivity index (χ4n) is 2.78. The molecular weight excluding hydrogens is 254 g/mol. The van der Waals surface area contributed by atoms with Crippen molar-refractivity contribution >= 4 is 11.9 Å². The molecule has 0 bridgehead atoms. The van der Waals surface area contributed by atoms with Gasteiger partial charge in [-0.2, -0.15) is 0 Å². The summed E-state index contributed by atoms with van der Waals surface area (Å²) >= 11 is 0. The fraction of sp³-hybridized carbons (Fsp3) is 0.500. The molecule has 0 heterocycles. The van der Waals surface area contributed by atoms with Gasteiger partial charge in [-0.25, -0.2) is 4.79 Å². The van der Waals surface area contributed by atoms with E-state index in [0.29, 0.717) is 6.42 Å². The normalized spacial score (nSPS) is 17.9. The van der Waals surface area contributed by atoms with Crippen molar-refractivity contribution in [1.29, 1.82) is 0 Å². The van der Waals surface area contributed by atoms with Gasteiger partial charge >= 0.3 is 5.97 Å². The van der Waals surface area contributed by atoms with E-state index in [4.69, 9.17) is 5.11 Å². The van der Waals surface area contributed by atoms with E-state index in [0.717, 1.165) is 31.2 Å². The number of carboxylic acids is 1. The van der Waals surface area contributed by atoms with E-state index in [9.17, 15) is 9.59 Å². The van der Waals surface area contributed by atoms with Gasteiger partial charge in [0.1, 0.15) is 6.04 Å². The van der Waals surface area contributed by atoms with Crippen molar-refractivity contribution in [3.8, 4) is 0 Å². The topological polar surface area (TPSA) is 66.4 Å². The average molecular weight is 275 g/mol. The molecule has 2 rings (SSSR count). The minimum Gasteiger partial charge on any atom is -0.480 e. The molecule has 1 aromatic carbocycles. The second-order valence-corrected chi connectivity index (χ2v) is 5.45. The highest BCUT2D eigenvalue weighted by Crippen LogP contribution is 2.43. The van der Waals surface area contributed by atoms with Crippen molar-refractivity contribution < 1.29 is 14.7 Å². The number of aliphatic carboxylic acids is 1. The van der Waals surface area contributed by atoms with Gasteiger partial charge in [0.25, 0.3) is 0 Å². The number of carbonyl (C=O) groups is 2. The Labute approximate surface area is 119 Å². The zero-order valence-corrected chi connectivity index (χ0v) is 11.8. The molecule has 1 aliphatic rings. The van der Waals surface area contributed by atoms with Crippen LogP contribution in [0.25, 0.3) is 0 Å². The Balaban J connectivity index is 2.16. The van der Waals surface area contributed by atoms with Gasteiger partial charge in [0.2, 0.25) is 5.91 Å². The maximum absolute atomic E-state index is 12.6. The first-order valence-corrected chi connectivity index (χ1v) is 7.19. The number of rotatable bonds is 6. The third-order valence-electron chi connectivity index (χ3n) is 4.15. The van der Waals surface area contributed by atoms with Gasteiger partial charge in [-0.1, -0.05) is 50.1 Å². The first kappa shape index (κ1) is 14.6.